The highest BCUT2D eigenvalue weighted by atomic mass is 16.3. The van der Waals surface area contributed by atoms with Crippen molar-refractivity contribution in [2.45, 2.75) is 26.8 Å². The second-order valence-electron chi connectivity index (χ2n) is 4.30. The number of nitrogens with two attached hydrogens (primary N) is 1. The Morgan fingerprint density at radius 1 is 1.29 bits per heavy atom. The van der Waals surface area contributed by atoms with Crippen LogP contribution in [-0.2, 0) is 0 Å². The van der Waals surface area contributed by atoms with Crippen LogP contribution in [0.25, 0.3) is 0 Å². The molecule has 1 aromatic heterocycles. The summed E-state index contributed by atoms with van der Waals surface area (Å²) in [5.41, 5.74) is 7.40. The van der Waals surface area contributed by atoms with Crippen molar-refractivity contribution in [1.29, 1.82) is 0 Å². The first-order valence-electron chi connectivity index (χ1n) is 5.84. The standard InChI is InChI=1S/C11H22N4O2/c1-8(2)15-11(10(12)9(3)13-15)14(4-6-16)5-7-17/h8,16-17H,4-7,12H2,1-3H3. The summed E-state index contributed by atoms with van der Waals surface area (Å²) in [6.07, 6.45) is 0. The number of aliphatic hydroxyl groups excluding tert-OH is 2. The summed E-state index contributed by atoms with van der Waals surface area (Å²) >= 11 is 0. The van der Waals surface area contributed by atoms with E-state index < -0.39 is 0 Å². The normalized spacial score (nSPS) is 11.2. The third-order valence-corrected chi connectivity index (χ3v) is 2.63. The maximum absolute atomic E-state index is 9.06. The maximum atomic E-state index is 9.06. The second-order valence-corrected chi connectivity index (χ2v) is 4.30. The molecule has 0 atom stereocenters. The van der Waals surface area contributed by atoms with Gasteiger partial charge in [0.1, 0.15) is 0 Å². The summed E-state index contributed by atoms with van der Waals surface area (Å²) in [5, 5.41) is 22.5. The van der Waals surface area contributed by atoms with Crippen molar-refractivity contribution in [1.82, 2.24) is 9.78 Å². The van der Waals surface area contributed by atoms with E-state index in [1.165, 1.54) is 0 Å². The largest absolute Gasteiger partial charge is 0.395 e. The van der Waals surface area contributed by atoms with Gasteiger partial charge in [-0.05, 0) is 20.8 Å². The molecule has 6 heteroatoms. The van der Waals surface area contributed by atoms with E-state index in [2.05, 4.69) is 5.10 Å². The Balaban J connectivity index is 3.15. The molecule has 1 rings (SSSR count). The van der Waals surface area contributed by atoms with Crippen LogP contribution in [0.5, 0.6) is 0 Å². The third kappa shape index (κ3) is 2.89. The predicted octanol–water partition coefficient (Wildman–Crippen LogP) is 0.146. The molecule has 0 aromatic carbocycles. The van der Waals surface area contributed by atoms with Gasteiger partial charge in [-0.15, -0.1) is 0 Å². The van der Waals surface area contributed by atoms with Gasteiger partial charge in [-0.2, -0.15) is 5.10 Å². The molecular weight excluding hydrogens is 220 g/mol. The highest BCUT2D eigenvalue weighted by molar-refractivity contribution is 5.66. The number of nitrogens with zero attached hydrogens (tertiary/aromatic N) is 3. The Morgan fingerprint density at radius 2 is 1.82 bits per heavy atom. The Labute approximate surface area is 102 Å². The van der Waals surface area contributed by atoms with E-state index >= 15 is 0 Å². The molecule has 0 unspecified atom stereocenters. The Morgan fingerprint density at radius 3 is 2.24 bits per heavy atom. The molecule has 98 valence electrons. The summed E-state index contributed by atoms with van der Waals surface area (Å²) < 4.78 is 1.83. The number of anilines is 2. The lowest BCUT2D eigenvalue weighted by Crippen LogP contribution is -2.32. The number of aliphatic hydroxyl groups is 2. The van der Waals surface area contributed by atoms with Gasteiger partial charge in [-0.1, -0.05) is 0 Å². The Hall–Kier alpha value is -1.27. The van der Waals surface area contributed by atoms with Crippen LogP contribution < -0.4 is 10.6 Å². The van der Waals surface area contributed by atoms with E-state index in [1.807, 2.05) is 30.4 Å². The lowest BCUT2D eigenvalue weighted by atomic mass is 10.3. The molecule has 1 heterocycles. The molecule has 17 heavy (non-hydrogen) atoms. The molecule has 0 aliphatic carbocycles. The van der Waals surface area contributed by atoms with Gasteiger partial charge < -0.3 is 20.8 Å². The van der Waals surface area contributed by atoms with Crippen molar-refractivity contribution < 1.29 is 10.2 Å². The zero-order valence-corrected chi connectivity index (χ0v) is 10.7. The Bertz CT molecular complexity index is 357. The maximum Gasteiger partial charge on any atom is 0.151 e. The van der Waals surface area contributed by atoms with Crippen LogP contribution >= 0.6 is 0 Å². The van der Waals surface area contributed by atoms with Crippen LogP contribution in [0.15, 0.2) is 0 Å². The van der Waals surface area contributed by atoms with Crippen LogP contribution in [-0.4, -0.2) is 46.3 Å². The average molecular weight is 242 g/mol. The first-order valence-corrected chi connectivity index (χ1v) is 5.84. The van der Waals surface area contributed by atoms with Gasteiger partial charge in [0, 0.05) is 19.1 Å². The summed E-state index contributed by atoms with van der Waals surface area (Å²) in [5.74, 6) is 0.778. The molecule has 0 fully saturated rings. The number of aromatic nitrogens is 2. The quantitative estimate of drug-likeness (QED) is 0.660. The lowest BCUT2D eigenvalue weighted by molar-refractivity contribution is 0.279. The molecule has 0 saturated heterocycles. The zero-order valence-electron chi connectivity index (χ0n) is 10.7. The van der Waals surface area contributed by atoms with E-state index in [1.54, 1.807) is 0 Å². The van der Waals surface area contributed by atoms with Gasteiger partial charge in [0.2, 0.25) is 0 Å². The topological polar surface area (TPSA) is 87.5 Å². The van der Waals surface area contributed by atoms with Crippen LogP contribution in [0, 0.1) is 6.92 Å². The molecule has 0 saturated carbocycles. The molecule has 0 radical (unpaired) electrons. The minimum atomic E-state index is 0.0156. The lowest BCUT2D eigenvalue weighted by Gasteiger charge is -2.25. The van der Waals surface area contributed by atoms with Gasteiger partial charge in [-0.25, -0.2) is 4.68 Å². The molecule has 1 aromatic rings. The fourth-order valence-corrected chi connectivity index (χ4v) is 1.79. The van der Waals surface area contributed by atoms with Crippen LogP contribution in [0.2, 0.25) is 0 Å². The second kappa shape index (κ2) is 5.88. The van der Waals surface area contributed by atoms with Crippen molar-refractivity contribution in [2.24, 2.45) is 0 Å². The van der Waals surface area contributed by atoms with Gasteiger partial charge in [0.05, 0.1) is 24.6 Å². The number of aryl methyl sites for hydroxylation is 1. The molecule has 6 nitrogen and oxygen atoms in total. The van der Waals surface area contributed by atoms with Gasteiger partial charge >= 0.3 is 0 Å². The zero-order chi connectivity index (χ0) is 13.0. The predicted molar refractivity (Wildman–Crippen MR) is 68.1 cm³/mol. The van der Waals surface area contributed by atoms with Crippen molar-refractivity contribution in [3.05, 3.63) is 5.69 Å². The minimum Gasteiger partial charge on any atom is -0.395 e. The van der Waals surface area contributed by atoms with Crippen molar-refractivity contribution >= 4 is 11.5 Å². The highest BCUT2D eigenvalue weighted by Gasteiger charge is 2.19. The van der Waals surface area contributed by atoms with Crippen molar-refractivity contribution in [2.75, 3.05) is 36.9 Å². The van der Waals surface area contributed by atoms with E-state index in [0.717, 1.165) is 11.5 Å². The van der Waals surface area contributed by atoms with E-state index in [-0.39, 0.29) is 19.3 Å². The number of hydrogen-bond acceptors (Lipinski definition) is 5. The average Bonchev–Trinajstić information content (AvgIpc) is 2.56. The smallest absolute Gasteiger partial charge is 0.151 e. The fraction of sp³-hybridized carbons (Fsp3) is 0.727. The molecule has 0 bridgehead atoms. The SMILES string of the molecule is Cc1nn(C(C)C)c(N(CCO)CCO)c1N. The van der Waals surface area contributed by atoms with Gasteiger partial charge in [0.25, 0.3) is 0 Å². The Kier molecular flexibility index (Phi) is 4.77. The van der Waals surface area contributed by atoms with E-state index in [0.29, 0.717) is 18.8 Å². The number of hydrogen-bond donors (Lipinski definition) is 3. The summed E-state index contributed by atoms with van der Waals surface area (Å²) in [6, 6.07) is 0.181. The molecule has 4 N–H and O–H groups in total. The molecule has 0 aliphatic heterocycles. The van der Waals surface area contributed by atoms with Crippen LogP contribution in [0.1, 0.15) is 25.6 Å². The van der Waals surface area contributed by atoms with Crippen molar-refractivity contribution in [3.8, 4) is 0 Å². The van der Waals surface area contributed by atoms with Crippen molar-refractivity contribution in [3.63, 3.8) is 0 Å². The van der Waals surface area contributed by atoms with Gasteiger partial charge in [0.15, 0.2) is 5.82 Å². The van der Waals surface area contributed by atoms with Crippen LogP contribution in [0.3, 0.4) is 0 Å². The van der Waals surface area contributed by atoms with E-state index in [4.69, 9.17) is 15.9 Å². The van der Waals surface area contributed by atoms with E-state index in [9.17, 15) is 0 Å². The molecule has 0 aliphatic rings. The summed E-state index contributed by atoms with van der Waals surface area (Å²) in [7, 11) is 0. The number of rotatable bonds is 6. The molecule has 0 amide bonds. The number of nitrogen functional groups attached to an aromatic ring is 1. The monoisotopic (exact) mass is 242 g/mol. The van der Waals surface area contributed by atoms with Gasteiger partial charge in [-0.3, -0.25) is 0 Å². The molecule has 0 spiro atoms. The molecular formula is C11H22N4O2. The third-order valence-electron chi connectivity index (χ3n) is 2.63. The summed E-state index contributed by atoms with van der Waals surface area (Å²) in [4.78, 5) is 1.86. The van der Waals surface area contributed by atoms with Crippen LogP contribution in [0.4, 0.5) is 11.5 Å². The first-order chi connectivity index (χ1) is 8.02. The minimum absolute atomic E-state index is 0.0156. The summed E-state index contributed by atoms with van der Waals surface area (Å²) in [6.45, 7) is 6.79. The fourth-order valence-electron chi connectivity index (χ4n) is 1.79. The first kappa shape index (κ1) is 13.8. The highest BCUT2D eigenvalue weighted by Crippen LogP contribution is 2.28.